The standard InChI is InChI=1S/C10H11ClS2/c1-10(2,11)9-12-7-5-3-4-6-8(7)13-9/h3-6,9H,1-2H3. The molecule has 13 heavy (non-hydrogen) atoms. The lowest BCUT2D eigenvalue weighted by Crippen LogP contribution is -2.22. The fourth-order valence-electron chi connectivity index (χ4n) is 1.18. The first kappa shape index (κ1) is 9.75. The monoisotopic (exact) mass is 230 g/mol. The second kappa shape index (κ2) is 3.41. The molecule has 0 unspecified atom stereocenters. The van der Waals surface area contributed by atoms with E-state index in [1.54, 1.807) is 0 Å². The molecule has 0 N–H and O–H groups in total. The van der Waals surface area contributed by atoms with Crippen LogP contribution in [-0.2, 0) is 0 Å². The molecule has 0 aromatic heterocycles. The normalized spacial score (nSPS) is 17.5. The third-order valence-corrected chi connectivity index (χ3v) is 5.89. The molecule has 0 saturated carbocycles. The van der Waals surface area contributed by atoms with Crippen LogP contribution in [0.15, 0.2) is 34.1 Å². The van der Waals surface area contributed by atoms with Gasteiger partial charge in [0, 0.05) is 9.79 Å². The highest BCUT2D eigenvalue weighted by Gasteiger charge is 2.34. The van der Waals surface area contributed by atoms with Crippen molar-refractivity contribution in [2.75, 3.05) is 0 Å². The minimum Gasteiger partial charge on any atom is -0.118 e. The van der Waals surface area contributed by atoms with Crippen molar-refractivity contribution in [2.45, 2.75) is 33.1 Å². The second-order valence-electron chi connectivity index (χ2n) is 3.58. The van der Waals surface area contributed by atoms with E-state index >= 15 is 0 Å². The Bertz CT molecular complexity index is 292. The van der Waals surface area contributed by atoms with E-state index < -0.39 is 0 Å². The second-order valence-corrected chi connectivity index (χ2v) is 7.15. The largest absolute Gasteiger partial charge is 0.118 e. The van der Waals surface area contributed by atoms with Gasteiger partial charge >= 0.3 is 0 Å². The highest BCUT2D eigenvalue weighted by atomic mass is 35.5. The van der Waals surface area contributed by atoms with E-state index in [9.17, 15) is 0 Å². The first-order chi connectivity index (χ1) is 6.07. The average molecular weight is 231 g/mol. The zero-order valence-corrected chi connectivity index (χ0v) is 9.97. The molecule has 0 bridgehead atoms. The number of hydrogen-bond donors (Lipinski definition) is 0. The molecule has 0 saturated heterocycles. The average Bonchev–Trinajstić information content (AvgIpc) is 2.45. The van der Waals surface area contributed by atoms with Crippen LogP contribution in [0.4, 0.5) is 0 Å². The van der Waals surface area contributed by atoms with Crippen LogP contribution >= 0.6 is 35.1 Å². The van der Waals surface area contributed by atoms with Crippen LogP contribution in [0.1, 0.15) is 13.8 Å². The fraction of sp³-hybridized carbons (Fsp3) is 0.400. The molecule has 1 aromatic rings. The molecule has 0 fully saturated rings. The molecule has 1 aliphatic heterocycles. The molecule has 1 aromatic carbocycles. The van der Waals surface area contributed by atoms with Gasteiger partial charge < -0.3 is 0 Å². The van der Waals surface area contributed by atoms with Crippen LogP contribution in [0.5, 0.6) is 0 Å². The number of halogens is 1. The lowest BCUT2D eigenvalue weighted by Gasteiger charge is -2.21. The van der Waals surface area contributed by atoms with Crippen LogP contribution < -0.4 is 0 Å². The van der Waals surface area contributed by atoms with Crippen molar-refractivity contribution >= 4 is 35.1 Å². The molecular formula is C10H11ClS2. The van der Waals surface area contributed by atoms with Crippen LogP contribution in [0.2, 0.25) is 0 Å². The van der Waals surface area contributed by atoms with Gasteiger partial charge in [-0.05, 0) is 26.0 Å². The summed E-state index contributed by atoms with van der Waals surface area (Å²) in [5.74, 6) is 0. The summed E-state index contributed by atoms with van der Waals surface area (Å²) in [4.78, 5) is 2.59. The smallest absolute Gasteiger partial charge is 0.0783 e. The van der Waals surface area contributed by atoms with E-state index in [0.29, 0.717) is 4.58 Å². The van der Waals surface area contributed by atoms with Crippen molar-refractivity contribution in [1.82, 2.24) is 0 Å². The quantitative estimate of drug-likeness (QED) is 0.663. The van der Waals surface area contributed by atoms with Gasteiger partial charge in [-0.1, -0.05) is 12.1 Å². The maximum absolute atomic E-state index is 6.29. The van der Waals surface area contributed by atoms with E-state index in [1.807, 2.05) is 23.5 Å². The van der Waals surface area contributed by atoms with Gasteiger partial charge in [-0.25, -0.2) is 0 Å². The maximum atomic E-state index is 6.29. The fourth-order valence-corrected chi connectivity index (χ4v) is 4.25. The Kier molecular flexibility index (Phi) is 2.56. The summed E-state index contributed by atoms with van der Waals surface area (Å²) >= 11 is 10.0. The minimum atomic E-state index is -0.144. The summed E-state index contributed by atoms with van der Waals surface area (Å²) in [6.45, 7) is 4.15. The Morgan fingerprint density at radius 2 is 1.62 bits per heavy atom. The molecule has 0 atom stereocenters. The third kappa shape index (κ3) is 2.00. The van der Waals surface area contributed by atoms with Crippen molar-refractivity contribution in [3.05, 3.63) is 24.3 Å². The van der Waals surface area contributed by atoms with Crippen molar-refractivity contribution in [3.63, 3.8) is 0 Å². The van der Waals surface area contributed by atoms with Gasteiger partial charge in [0.15, 0.2) is 0 Å². The highest BCUT2D eigenvalue weighted by molar-refractivity contribution is 8.19. The van der Waals surface area contributed by atoms with Crippen LogP contribution in [-0.4, -0.2) is 9.46 Å². The Morgan fingerprint density at radius 3 is 2.00 bits per heavy atom. The molecule has 70 valence electrons. The predicted molar refractivity (Wildman–Crippen MR) is 61.9 cm³/mol. The van der Waals surface area contributed by atoms with Crippen LogP contribution in [0.25, 0.3) is 0 Å². The van der Waals surface area contributed by atoms with Crippen molar-refractivity contribution < 1.29 is 0 Å². The van der Waals surface area contributed by atoms with E-state index in [1.165, 1.54) is 9.79 Å². The molecule has 2 rings (SSSR count). The number of hydrogen-bond acceptors (Lipinski definition) is 2. The summed E-state index contributed by atoms with van der Waals surface area (Å²) in [7, 11) is 0. The zero-order valence-electron chi connectivity index (χ0n) is 7.58. The van der Waals surface area contributed by atoms with Gasteiger partial charge in [-0.3, -0.25) is 0 Å². The summed E-state index contributed by atoms with van der Waals surface area (Å²) in [6, 6.07) is 8.48. The van der Waals surface area contributed by atoms with Gasteiger partial charge in [-0.15, -0.1) is 35.1 Å². The molecule has 1 heterocycles. The van der Waals surface area contributed by atoms with Crippen molar-refractivity contribution in [1.29, 1.82) is 0 Å². The molecule has 0 amide bonds. The van der Waals surface area contributed by atoms with E-state index in [0.717, 1.165) is 0 Å². The van der Waals surface area contributed by atoms with Gasteiger partial charge in [0.25, 0.3) is 0 Å². The molecule has 3 heteroatoms. The van der Waals surface area contributed by atoms with Crippen molar-refractivity contribution in [3.8, 4) is 0 Å². The Morgan fingerprint density at radius 1 is 1.15 bits per heavy atom. The predicted octanol–water partition coefficient (Wildman–Crippen LogP) is 4.23. The third-order valence-electron chi connectivity index (χ3n) is 1.88. The first-order valence-electron chi connectivity index (χ1n) is 4.18. The maximum Gasteiger partial charge on any atom is 0.0783 e. The molecule has 1 aliphatic rings. The van der Waals surface area contributed by atoms with Gasteiger partial charge in [0.05, 0.1) is 9.46 Å². The molecule has 0 nitrogen and oxygen atoms in total. The summed E-state index contributed by atoms with van der Waals surface area (Å²) in [5.41, 5.74) is 0. The molecule has 0 aliphatic carbocycles. The van der Waals surface area contributed by atoms with Crippen LogP contribution in [0.3, 0.4) is 0 Å². The summed E-state index contributed by atoms with van der Waals surface area (Å²) in [6.07, 6.45) is 0. The van der Waals surface area contributed by atoms with E-state index in [-0.39, 0.29) is 4.87 Å². The number of fused-ring (bicyclic) bond motifs is 1. The highest BCUT2D eigenvalue weighted by Crippen LogP contribution is 2.53. The first-order valence-corrected chi connectivity index (χ1v) is 6.32. The van der Waals surface area contributed by atoms with Gasteiger partial charge in [-0.2, -0.15) is 0 Å². The summed E-state index contributed by atoms with van der Waals surface area (Å²) in [5, 5.41) is 0. The molecule has 0 radical (unpaired) electrons. The molecular weight excluding hydrogens is 220 g/mol. The van der Waals surface area contributed by atoms with Crippen molar-refractivity contribution in [2.24, 2.45) is 0 Å². The minimum absolute atomic E-state index is 0.144. The summed E-state index contributed by atoms with van der Waals surface area (Å²) < 4.78 is 0.437. The van der Waals surface area contributed by atoms with Crippen LogP contribution in [0, 0.1) is 0 Å². The van der Waals surface area contributed by atoms with E-state index in [4.69, 9.17) is 11.6 Å². The zero-order chi connectivity index (χ0) is 9.47. The number of thioether (sulfide) groups is 2. The SMILES string of the molecule is CC(C)(Cl)C1Sc2ccccc2S1. The Hall–Kier alpha value is 0.210. The topological polar surface area (TPSA) is 0 Å². The number of benzene rings is 1. The van der Waals surface area contributed by atoms with E-state index in [2.05, 4.69) is 38.1 Å². The lowest BCUT2D eigenvalue weighted by molar-refractivity contribution is 0.773. The lowest BCUT2D eigenvalue weighted by atomic mass is 10.2. The Labute approximate surface area is 92.4 Å². The van der Waals surface area contributed by atoms with Gasteiger partial charge in [0.1, 0.15) is 0 Å². The van der Waals surface area contributed by atoms with Gasteiger partial charge in [0.2, 0.25) is 0 Å². The number of alkyl halides is 1. The number of rotatable bonds is 1. The molecule has 0 spiro atoms. The Balaban J connectivity index is 2.23.